The van der Waals surface area contributed by atoms with E-state index in [0.717, 1.165) is 19.0 Å². The van der Waals surface area contributed by atoms with Crippen molar-refractivity contribution in [3.63, 3.8) is 0 Å². The van der Waals surface area contributed by atoms with Gasteiger partial charge in [0.1, 0.15) is 5.56 Å². The second-order valence-electron chi connectivity index (χ2n) is 9.75. The molecule has 1 amide bonds. The van der Waals surface area contributed by atoms with E-state index >= 15 is 0 Å². The fraction of sp³-hybridized carbons (Fsp3) is 0.696. The Morgan fingerprint density at radius 3 is 2.97 bits per heavy atom. The van der Waals surface area contributed by atoms with Crippen LogP contribution in [0.5, 0.6) is 0 Å². The zero-order chi connectivity index (χ0) is 20.0. The van der Waals surface area contributed by atoms with Crippen molar-refractivity contribution in [2.24, 2.45) is 17.8 Å². The van der Waals surface area contributed by atoms with Crippen LogP contribution in [0.2, 0.25) is 0 Å². The molecule has 0 aromatic carbocycles. The Hall–Kier alpha value is -1.95. The Bertz CT molecular complexity index is 877. The topological polar surface area (TPSA) is 53.7 Å². The lowest BCUT2D eigenvalue weighted by Gasteiger charge is -2.57. The van der Waals surface area contributed by atoms with Crippen LogP contribution in [-0.4, -0.2) is 62.0 Å². The van der Waals surface area contributed by atoms with Gasteiger partial charge in [0.15, 0.2) is 5.65 Å². The summed E-state index contributed by atoms with van der Waals surface area (Å²) >= 11 is 0. The summed E-state index contributed by atoms with van der Waals surface area (Å²) in [6.07, 6.45) is 13.1. The van der Waals surface area contributed by atoms with E-state index in [4.69, 9.17) is 0 Å². The third kappa shape index (κ3) is 3.45. The highest BCUT2D eigenvalue weighted by Crippen LogP contribution is 2.43. The highest BCUT2D eigenvalue weighted by molar-refractivity contribution is 5.99. The number of hydrogen-bond donors (Lipinski definition) is 0. The summed E-state index contributed by atoms with van der Waals surface area (Å²) in [4.78, 5) is 22.8. The third-order valence-corrected chi connectivity index (χ3v) is 7.46. The van der Waals surface area contributed by atoms with Crippen LogP contribution in [0, 0.1) is 17.8 Å². The number of carbonyl (C=O) groups is 1. The molecule has 0 aliphatic carbocycles. The molecule has 6 heteroatoms. The maximum absolute atomic E-state index is 13.5. The number of hydrogen-bond acceptors (Lipinski definition) is 4. The molecule has 156 valence electrons. The van der Waals surface area contributed by atoms with Crippen molar-refractivity contribution in [2.45, 2.75) is 64.5 Å². The van der Waals surface area contributed by atoms with Gasteiger partial charge in [0.25, 0.3) is 5.91 Å². The second-order valence-corrected chi connectivity index (χ2v) is 9.75. The predicted molar refractivity (Wildman–Crippen MR) is 113 cm³/mol. The first kappa shape index (κ1) is 19.0. The number of rotatable bonds is 4. The Kier molecular flexibility index (Phi) is 5.06. The van der Waals surface area contributed by atoms with Crippen LogP contribution in [-0.2, 0) is 0 Å². The highest BCUT2D eigenvalue weighted by atomic mass is 16.2. The number of carbonyl (C=O) groups excluding carboxylic acids is 1. The van der Waals surface area contributed by atoms with Crippen LogP contribution >= 0.6 is 0 Å². The molecule has 5 heterocycles. The van der Waals surface area contributed by atoms with Crippen molar-refractivity contribution in [1.29, 1.82) is 0 Å². The average molecular weight is 396 g/mol. The van der Waals surface area contributed by atoms with Crippen LogP contribution in [0.4, 0.5) is 0 Å². The zero-order valence-corrected chi connectivity index (χ0v) is 17.7. The first-order valence-electron chi connectivity index (χ1n) is 11.4. The number of amides is 1. The third-order valence-electron chi connectivity index (χ3n) is 7.46. The monoisotopic (exact) mass is 395 g/mol. The Balaban J connectivity index is 1.40. The standard InChI is InChI=1S/C23H33N5O/c1-16(2)7-8-21-18-12-17(20-6-3-4-10-27(20)21)14-26(15-18)23(29)19-13-25-28-11-5-9-24-22(19)28/h5,9,11,13,16-18,20-21H,3-4,6-8,10,12,14-15H2,1-2H3/t17-,18+,20+,21+/m1/s1. The van der Waals surface area contributed by atoms with E-state index in [-0.39, 0.29) is 5.91 Å². The van der Waals surface area contributed by atoms with Crippen molar-refractivity contribution in [1.82, 2.24) is 24.4 Å². The minimum atomic E-state index is 0.111. The van der Waals surface area contributed by atoms with Crippen molar-refractivity contribution in [3.05, 3.63) is 30.2 Å². The molecule has 29 heavy (non-hydrogen) atoms. The van der Waals surface area contributed by atoms with Gasteiger partial charge < -0.3 is 4.90 Å². The van der Waals surface area contributed by atoms with E-state index in [0.29, 0.717) is 35.1 Å². The van der Waals surface area contributed by atoms with Gasteiger partial charge in [0, 0.05) is 37.6 Å². The van der Waals surface area contributed by atoms with Gasteiger partial charge >= 0.3 is 0 Å². The molecule has 0 saturated carbocycles. The first-order chi connectivity index (χ1) is 14.1. The molecule has 3 saturated heterocycles. The van der Waals surface area contributed by atoms with Gasteiger partial charge in [0.2, 0.25) is 0 Å². The molecule has 3 aliphatic heterocycles. The minimum absolute atomic E-state index is 0.111. The van der Waals surface area contributed by atoms with Gasteiger partial charge in [-0.1, -0.05) is 20.3 Å². The van der Waals surface area contributed by atoms with Crippen molar-refractivity contribution < 1.29 is 4.79 Å². The lowest BCUT2D eigenvalue weighted by Crippen LogP contribution is -2.64. The zero-order valence-electron chi connectivity index (χ0n) is 17.7. The molecule has 3 aliphatic rings. The molecular formula is C23H33N5O. The molecule has 2 bridgehead atoms. The normalized spacial score (nSPS) is 30.0. The number of fused-ring (bicyclic) bond motifs is 5. The van der Waals surface area contributed by atoms with Crippen LogP contribution in [0.1, 0.15) is 62.7 Å². The Labute approximate surface area is 173 Å². The summed E-state index contributed by atoms with van der Waals surface area (Å²) in [5.74, 6) is 2.06. The van der Waals surface area contributed by atoms with E-state index in [1.54, 1.807) is 16.9 Å². The molecule has 2 aromatic heterocycles. The van der Waals surface area contributed by atoms with Crippen LogP contribution in [0.25, 0.3) is 5.65 Å². The quantitative estimate of drug-likeness (QED) is 0.795. The summed E-state index contributed by atoms with van der Waals surface area (Å²) in [6, 6.07) is 3.14. The smallest absolute Gasteiger partial charge is 0.259 e. The van der Waals surface area contributed by atoms with Crippen molar-refractivity contribution in [3.8, 4) is 0 Å². The predicted octanol–water partition coefficient (Wildman–Crippen LogP) is 3.48. The van der Waals surface area contributed by atoms with E-state index in [1.165, 1.54) is 45.1 Å². The Morgan fingerprint density at radius 2 is 2.10 bits per heavy atom. The first-order valence-corrected chi connectivity index (χ1v) is 11.4. The minimum Gasteiger partial charge on any atom is -0.338 e. The molecular weight excluding hydrogens is 362 g/mol. The maximum Gasteiger partial charge on any atom is 0.259 e. The molecule has 0 unspecified atom stereocenters. The molecule has 0 N–H and O–H groups in total. The van der Waals surface area contributed by atoms with Crippen LogP contribution in [0.15, 0.2) is 24.7 Å². The number of aromatic nitrogens is 3. The SMILES string of the molecule is CC(C)CC[C@H]1[C@H]2C[C@H](CN(C(=O)c3cnn4cccnc34)C2)[C@@H]2CCCCN21. The number of likely N-dealkylation sites (tertiary alicyclic amines) is 1. The summed E-state index contributed by atoms with van der Waals surface area (Å²) in [7, 11) is 0. The van der Waals surface area contributed by atoms with Gasteiger partial charge in [-0.15, -0.1) is 0 Å². The van der Waals surface area contributed by atoms with Gasteiger partial charge in [-0.05, 0) is 62.5 Å². The van der Waals surface area contributed by atoms with E-state index in [1.807, 2.05) is 12.3 Å². The van der Waals surface area contributed by atoms with Gasteiger partial charge in [-0.25, -0.2) is 9.50 Å². The highest BCUT2D eigenvalue weighted by Gasteiger charge is 2.47. The van der Waals surface area contributed by atoms with E-state index in [9.17, 15) is 4.79 Å². The largest absolute Gasteiger partial charge is 0.338 e. The second kappa shape index (κ2) is 7.71. The van der Waals surface area contributed by atoms with Gasteiger partial charge in [-0.2, -0.15) is 5.10 Å². The average Bonchev–Trinajstić information content (AvgIpc) is 3.17. The summed E-state index contributed by atoms with van der Waals surface area (Å²) < 4.78 is 1.70. The van der Waals surface area contributed by atoms with E-state index < -0.39 is 0 Å². The van der Waals surface area contributed by atoms with Gasteiger partial charge in [-0.3, -0.25) is 9.69 Å². The molecule has 2 aromatic rings. The van der Waals surface area contributed by atoms with E-state index in [2.05, 4.69) is 33.7 Å². The van der Waals surface area contributed by atoms with Crippen molar-refractivity contribution >= 4 is 11.6 Å². The lowest BCUT2D eigenvalue weighted by molar-refractivity contribution is -0.0681. The molecule has 3 fully saturated rings. The molecule has 6 nitrogen and oxygen atoms in total. The molecule has 4 atom stereocenters. The van der Waals surface area contributed by atoms with Crippen LogP contribution < -0.4 is 0 Å². The summed E-state index contributed by atoms with van der Waals surface area (Å²) in [6.45, 7) is 7.68. The summed E-state index contributed by atoms with van der Waals surface area (Å²) in [5, 5.41) is 4.33. The van der Waals surface area contributed by atoms with Gasteiger partial charge in [0.05, 0.1) is 6.20 Å². The van der Waals surface area contributed by atoms with Crippen LogP contribution in [0.3, 0.4) is 0 Å². The molecule has 5 rings (SSSR count). The fourth-order valence-corrected chi connectivity index (χ4v) is 6.12. The fourth-order valence-electron chi connectivity index (χ4n) is 6.12. The van der Waals surface area contributed by atoms with Crippen molar-refractivity contribution in [2.75, 3.05) is 19.6 Å². The molecule has 0 radical (unpaired) electrons. The maximum atomic E-state index is 13.5. The lowest BCUT2D eigenvalue weighted by atomic mass is 9.71. The Morgan fingerprint density at radius 1 is 1.24 bits per heavy atom. The number of piperidine rings is 3. The number of nitrogens with zero attached hydrogens (tertiary/aromatic N) is 5. The summed E-state index contributed by atoms with van der Waals surface area (Å²) in [5.41, 5.74) is 1.31. The molecule has 0 spiro atoms.